The first kappa shape index (κ1) is 15.2. The van der Waals surface area contributed by atoms with Crippen LogP contribution in [0.2, 0.25) is 0 Å². The third kappa shape index (κ3) is 4.42. The van der Waals surface area contributed by atoms with Crippen LogP contribution in [0.3, 0.4) is 0 Å². The van der Waals surface area contributed by atoms with Crippen LogP contribution in [0.5, 0.6) is 0 Å². The number of hydrogen-bond donors (Lipinski definition) is 1. The number of nitrogens with zero attached hydrogens (tertiary/aromatic N) is 3. The number of aromatic nitrogens is 2. The van der Waals surface area contributed by atoms with Crippen LogP contribution in [0.1, 0.15) is 31.5 Å². The third-order valence-electron chi connectivity index (χ3n) is 3.52. The molecule has 112 valence electrons. The standard InChI is InChI=1S/C13H22N4O2S/c1-11-14-8-7-13(16-11)17-10-4-3-5-12(17)6-9-15-20(2,18)19/h7-8,12,15H,3-6,9-10H2,1-2H3/t12-/m1/s1. The topological polar surface area (TPSA) is 75.2 Å². The first-order valence-electron chi connectivity index (χ1n) is 6.96. The zero-order valence-corrected chi connectivity index (χ0v) is 12.9. The Morgan fingerprint density at radius 3 is 2.95 bits per heavy atom. The molecule has 1 aliphatic rings. The molecule has 0 spiro atoms. The molecule has 1 aromatic heterocycles. The fourth-order valence-electron chi connectivity index (χ4n) is 2.62. The Balaban J connectivity index is 2.02. The number of hydrogen-bond acceptors (Lipinski definition) is 5. The van der Waals surface area contributed by atoms with Gasteiger partial charge in [0.2, 0.25) is 10.0 Å². The summed E-state index contributed by atoms with van der Waals surface area (Å²) in [7, 11) is -3.11. The van der Waals surface area contributed by atoms with E-state index in [0.717, 1.165) is 37.4 Å². The van der Waals surface area contributed by atoms with Crippen molar-refractivity contribution in [1.29, 1.82) is 0 Å². The van der Waals surface area contributed by atoms with E-state index < -0.39 is 10.0 Å². The molecule has 0 unspecified atom stereocenters. The van der Waals surface area contributed by atoms with Crippen molar-refractivity contribution in [3.8, 4) is 0 Å². The minimum Gasteiger partial charge on any atom is -0.353 e. The van der Waals surface area contributed by atoms with Gasteiger partial charge in [0.25, 0.3) is 0 Å². The molecule has 0 bridgehead atoms. The van der Waals surface area contributed by atoms with E-state index in [1.54, 1.807) is 6.20 Å². The molecule has 1 saturated heterocycles. The van der Waals surface area contributed by atoms with Gasteiger partial charge >= 0.3 is 0 Å². The SMILES string of the molecule is Cc1nccc(N2CCCC[C@@H]2CCNS(C)(=O)=O)n1. The van der Waals surface area contributed by atoms with Crippen molar-refractivity contribution in [2.45, 2.75) is 38.6 Å². The Morgan fingerprint density at radius 2 is 2.25 bits per heavy atom. The van der Waals surface area contributed by atoms with Crippen molar-refractivity contribution >= 4 is 15.8 Å². The van der Waals surface area contributed by atoms with Gasteiger partial charge in [0.1, 0.15) is 11.6 Å². The summed E-state index contributed by atoms with van der Waals surface area (Å²) in [5.74, 6) is 1.71. The van der Waals surface area contributed by atoms with Crippen LogP contribution in [-0.2, 0) is 10.0 Å². The fourth-order valence-corrected chi connectivity index (χ4v) is 3.11. The summed E-state index contributed by atoms with van der Waals surface area (Å²) >= 11 is 0. The van der Waals surface area contributed by atoms with Crippen LogP contribution in [0.25, 0.3) is 0 Å². The van der Waals surface area contributed by atoms with Gasteiger partial charge < -0.3 is 4.90 Å². The van der Waals surface area contributed by atoms with E-state index in [4.69, 9.17) is 0 Å². The van der Waals surface area contributed by atoms with Crippen LogP contribution in [0, 0.1) is 6.92 Å². The second kappa shape index (κ2) is 6.49. The normalized spacial score (nSPS) is 20.1. The molecule has 20 heavy (non-hydrogen) atoms. The maximum atomic E-state index is 11.1. The van der Waals surface area contributed by atoms with Gasteiger partial charge in [-0.1, -0.05) is 0 Å². The molecule has 1 N–H and O–H groups in total. The first-order chi connectivity index (χ1) is 9.46. The molecule has 1 atom stereocenters. The largest absolute Gasteiger partial charge is 0.353 e. The quantitative estimate of drug-likeness (QED) is 0.880. The molecule has 1 aliphatic heterocycles. The number of nitrogens with one attached hydrogen (secondary N) is 1. The summed E-state index contributed by atoms with van der Waals surface area (Å²) < 4.78 is 24.8. The zero-order chi connectivity index (χ0) is 14.6. The molecule has 6 nitrogen and oxygen atoms in total. The highest BCUT2D eigenvalue weighted by molar-refractivity contribution is 7.88. The van der Waals surface area contributed by atoms with Crippen molar-refractivity contribution in [3.63, 3.8) is 0 Å². The number of anilines is 1. The summed E-state index contributed by atoms with van der Waals surface area (Å²) in [6, 6.07) is 2.27. The van der Waals surface area contributed by atoms with Gasteiger partial charge in [-0.25, -0.2) is 23.1 Å². The minimum atomic E-state index is -3.11. The Bertz CT molecular complexity index is 547. The van der Waals surface area contributed by atoms with Crippen LogP contribution in [-0.4, -0.2) is 43.8 Å². The minimum absolute atomic E-state index is 0.340. The highest BCUT2D eigenvalue weighted by atomic mass is 32.2. The van der Waals surface area contributed by atoms with Crippen molar-refractivity contribution < 1.29 is 8.42 Å². The van der Waals surface area contributed by atoms with E-state index >= 15 is 0 Å². The van der Waals surface area contributed by atoms with Crippen LogP contribution < -0.4 is 9.62 Å². The van der Waals surface area contributed by atoms with E-state index in [1.165, 1.54) is 12.7 Å². The summed E-state index contributed by atoms with van der Waals surface area (Å²) in [4.78, 5) is 10.9. The first-order valence-corrected chi connectivity index (χ1v) is 8.86. The third-order valence-corrected chi connectivity index (χ3v) is 4.25. The van der Waals surface area contributed by atoms with Crippen molar-refractivity contribution in [3.05, 3.63) is 18.1 Å². The lowest BCUT2D eigenvalue weighted by molar-refractivity contribution is 0.433. The smallest absolute Gasteiger partial charge is 0.208 e. The fraction of sp³-hybridized carbons (Fsp3) is 0.692. The summed E-state index contributed by atoms with van der Waals surface area (Å²) in [5.41, 5.74) is 0. The van der Waals surface area contributed by atoms with Gasteiger partial charge in [-0.2, -0.15) is 0 Å². The highest BCUT2D eigenvalue weighted by Crippen LogP contribution is 2.24. The average Bonchev–Trinajstić information content (AvgIpc) is 2.38. The second-order valence-corrected chi connectivity index (χ2v) is 7.09. The van der Waals surface area contributed by atoms with Gasteiger partial charge in [-0.15, -0.1) is 0 Å². The Morgan fingerprint density at radius 1 is 1.45 bits per heavy atom. The maximum absolute atomic E-state index is 11.1. The van der Waals surface area contributed by atoms with E-state index in [2.05, 4.69) is 19.6 Å². The average molecular weight is 298 g/mol. The van der Waals surface area contributed by atoms with Gasteiger partial charge in [-0.3, -0.25) is 0 Å². The van der Waals surface area contributed by atoms with E-state index in [9.17, 15) is 8.42 Å². The van der Waals surface area contributed by atoms with Gasteiger partial charge in [0, 0.05) is 25.3 Å². The molecule has 1 aromatic rings. The predicted octanol–water partition coefficient (Wildman–Crippen LogP) is 1.08. The monoisotopic (exact) mass is 298 g/mol. The Labute approximate surface area is 120 Å². The maximum Gasteiger partial charge on any atom is 0.208 e. The number of piperidine rings is 1. The summed E-state index contributed by atoms with van der Waals surface area (Å²) in [6.07, 6.45) is 7.19. The van der Waals surface area contributed by atoms with E-state index in [-0.39, 0.29) is 0 Å². The Hall–Kier alpha value is -1.21. The number of sulfonamides is 1. The Kier molecular flexibility index (Phi) is 4.93. The zero-order valence-electron chi connectivity index (χ0n) is 12.0. The highest BCUT2D eigenvalue weighted by Gasteiger charge is 2.23. The molecular weight excluding hydrogens is 276 g/mol. The van der Waals surface area contributed by atoms with Crippen LogP contribution in [0.15, 0.2) is 12.3 Å². The van der Waals surface area contributed by atoms with Gasteiger partial charge in [0.15, 0.2) is 0 Å². The summed E-state index contributed by atoms with van der Waals surface area (Å²) in [6.45, 7) is 3.33. The van der Waals surface area contributed by atoms with Crippen LogP contribution >= 0.6 is 0 Å². The molecule has 0 aliphatic carbocycles. The molecule has 0 amide bonds. The van der Waals surface area contributed by atoms with Crippen molar-refractivity contribution in [2.24, 2.45) is 0 Å². The second-order valence-electron chi connectivity index (χ2n) is 5.26. The molecule has 7 heteroatoms. The molecular formula is C13H22N4O2S. The molecule has 0 aromatic carbocycles. The molecule has 0 saturated carbocycles. The molecule has 1 fully saturated rings. The molecule has 0 radical (unpaired) electrons. The van der Waals surface area contributed by atoms with Gasteiger partial charge in [0.05, 0.1) is 6.26 Å². The number of aryl methyl sites for hydroxylation is 1. The van der Waals surface area contributed by atoms with Gasteiger partial charge in [-0.05, 0) is 38.7 Å². The number of rotatable bonds is 5. The molecule has 2 heterocycles. The lowest BCUT2D eigenvalue weighted by Crippen LogP contribution is -2.42. The van der Waals surface area contributed by atoms with Crippen LogP contribution in [0.4, 0.5) is 5.82 Å². The predicted molar refractivity (Wildman–Crippen MR) is 79.2 cm³/mol. The lowest BCUT2D eigenvalue weighted by Gasteiger charge is -2.36. The molecule has 2 rings (SSSR count). The van der Waals surface area contributed by atoms with Crippen molar-refractivity contribution in [2.75, 3.05) is 24.2 Å². The summed E-state index contributed by atoms with van der Waals surface area (Å²) in [5, 5.41) is 0. The lowest BCUT2D eigenvalue weighted by atomic mass is 9.99. The van der Waals surface area contributed by atoms with E-state index in [1.807, 2.05) is 13.0 Å². The van der Waals surface area contributed by atoms with Crippen molar-refractivity contribution in [1.82, 2.24) is 14.7 Å². The van der Waals surface area contributed by atoms with E-state index in [0.29, 0.717) is 12.6 Å².